The zero-order chi connectivity index (χ0) is 16.6. The Bertz CT molecular complexity index is 722. The van der Waals surface area contributed by atoms with Gasteiger partial charge in [-0.05, 0) is 31.4 Å². The van der Waals surface area contributed by atoms with E-state index < -0.39 is 0 Å². The number of aromatic nitrogens is 4. The third-order valence-corrected chi connectivity index (χ3v) is 4.04. The Labute approximate surface area is 134 Å². The molecule has 2 aromatic heterocycles. The van der Waals surface area contributed by atoms with Crippen molar-refractivity contribution in [3.8, 4) is 5.75 Å². The highest BCUT2D eigenvalue weighted by molar-refractivity contribution is 5.95. The maximum Gasteiger partial charge on any atom is 0.276 e. The van der Waals surface area contributed by atoms with Crippen molar-refractivity contribution < 1.29 is 9.53 Å². The van der Waals surface area contributed by atoms with E-state index in [1.54, 1.807) is 18.1 Å². The molecule has 0 aromatic carbocycles. The third-order valence-electron chi connectivity index (χ3n) is 4.04. The lowest BCUT2D eigenvalue weighted by molar-refractivity contribution is 0.0720. The molecule has 1 atom stereocenters. The van der Waals surface area contributed by atoms with Crippen molar-refractivity contribution >= 4 is 11.9 Å². The summed E-state index contributed by atoms with van der Waals surface area (Å²) in [5, 5.41) is 4.31. The summed E-state index contributed by atoms with van der Waals surface area (Å²) in [5.74, 6) is 1.22. The van der Waals surface area contributed by atoms with Gasteiger partial charge in [-0.15, -0.1) is 0 Å². The number of hydrogen-bond acceptors (Lipinski definition) is 6. The molecule has 0 bridgehead atoms. The van der Waals surface area contributed by atoms with Crippen LogP contribution in [-0.2, 0) is 7.05 Å². The number of pyridine rings is 1. The van der Waals surface area contributed by atoms with Gasteiger partial charge < -0.3 is 15.4 Å². The van der Waals surface area contributed by atoms with Crippen molar-refractivity contribution in [2.45, 2.75) is 25.8 Å². The van der Waals surface area contributed by atoms with E-state index in [-0.39, 0.29) is 11.9 Å². The molecule has 1 unspecified atom stereocenters. The number of carbonyl (C=O) groups excluding carboxylic acids is 1. The molecule has 0 spiro atoms. The fourth-order valence-electron chi connectivity index (χ4n) is 2.83. The molecule has 122 valence electrons. The maximum absolute atomic E-state index is 12.9. The molecule has 2 N–H and O–H groups in total. The zero-order valence-corrected chi connectivity index (χ0v) is 13.5. The van der Waals surface area contributed by atoms with Crippen molar-refractivity contribution in [2.24, 2.45) is 7.05 Å². The van der Waals surface area contributed by atoms with Crippen molar-refractivity contribution in [1.82, 2.24) is 24.6 Å². The van der Waals surface area contributed by atoms with Gasteiger partial charge in [-0.3, -0.25) is 4.79 Å². The number of methoxy groups -OCH3 is 1. The Balaban J connectivity index is 1.92. The number of hydrogen-bond donors (Lipinski definition) is 1. The van der Waals surface area contributed by atoms with E-state index in [2.05, 4.69) is 15.1 Å². The van der Waals surface area contributed by atoms with Gasteiger partial charge in [-0.1, -0.05) is 0 Å². The molecule has 1 saturated heterocycles. The van der Waals surface area contributed by atoms with Gasteiger partial charge in [-0.25, -0.2) is 9.67 Å². The van der Waals surface area contributed by atoms with Crippen LogP contribution in [-0.4, -0.2) is 44.2 Å². The first-order valence-electron chi connectivity index (χ1n) is 7.49. The van der Waals surface area contributed by atoms with Gasteiger partial charge in [-0.2, -0.15) is 10.1 Å². The highest BCUT2D eigenvalue weighted by Gasteiger charge is 2.35. The number of ether oxygens (including phenoxy) is 1. The molecule has 8 nitrogen and oxygen atoms in total. The number of likely N-dealkylation sites (tertiary alicyclic amines) is 1. The molecule has 3 heterocycles. The highest BCUT2D eigenvalue weighted by atomic mass is 16.5. The second-order valence-corrected chi connectivity index (χ2v) is 5.67. The minimum atomic E-state index is -0.182. The molecule has 23 heavy (non-hydrogen) atoms. The van der Waals surface area contributed by atoms with Crippen molar-refractivity contribution in [3.05, 3.63) is 29.3 Å². The minimum Gasteiger partial charge on any atom is -0.494 e. The Morgan fingerprint density at radius 1 is 1.48 bits per heavy atom. The van der Waals surface area contributed by atoms with Crippen LogP contribution in [0.5, 0.6) is 5.75 Å². The first-order valence-corrected chi connectivity index (χ1v) is 7.49. The van der Waals surface area contributed by atoms with Crippen LogP contribution in [0.3, 0.4) is 0 Å². The van der Waals surface area contributed by atoms with Gasteiger partial charge in [0.1, 0.15) is 5.75 Å². The number of anilines is 1. The normalized spacial score (nSPS) is 17.5. The minimum absolute atomic E-state index is 0.171. The van der Waals surface area contributed by atoms with Crippen LogP contribution in [0, 0.1) is 6.92 Å². The monoisotopic (exact) mass is 316 g/mol. The van der Waals surface area contributed by atoms with Crippen LogP contribution >= 0.6 is 0 Å². The molecule has 1 fully saturated rings. The van der Waals surface area contributed by atoms with Crippen molar-refractivity contribution in [1.29, 1.82) is 0 Å². The third kappa shape index (κ3) is 2.71. The fraction of sp³-hybridized carbons (Fsp3) is 0.467. The van der Waals surface area contributed by atoms with Crippen molar-refractivity contribution in [2.75, 3.05) is 19.4 Å². The van der Waals surface area contributed by atoms with E-state index in [0.717, 1.165) is 18.4 Å². The SMILES string of the molecule is COc1cc(C)cnc1C(=O)N1CCCC1c1nc(N)n(C)n1. The lowest BCUT2D eigenvalue weighted by Crippen LogP contribution is -2.32. The van der Waals surface area contributed by atoms with Gasteiger partial charge in [0.2, 0.25) is 5.95 Å². The topological polar surface area (TPSA) is 99.2 Å². The second-order valence-electron chi connectivity index (χ2n) is 5.67. The summed E-state index contributed by atoms with van der Waals surface area (Å²) in [4.78, 5) is 23.2. The number of nitrogen functional groups attached to an aromatic ring is 1. The molecular weight excluding hydrogens is 296 g/mol. The molecule has 2 aromatic rings. The smallest absolute Gasteiger partial charge is 0.276 e. The molecule has 0 aliphatic carbocycles. The van der Waals surface area contributed by atoms with Gasteiger partial charge in [0.25, 0.3) is 5.91 Å². The molecule has 0 radical (unpaired) electrons. The van der Waals surface area contributed by atoms with Crippen LogP contribution in [0.4, 0.5) is 5.95 Å². The lowest BCUT2D eigenvalue weighted by Gasteiger charge is -2.23. The van der Waals surface area contributed by atoms with Crippen LogP contribution < -0.4 is 10.5 Å². The first kappa shape index (κ1) is 15.3. The summed E-state index contributed by atoms with van der Waals surface area (Å²) in [6, 6.07) is 1.63. The summed E-state index contributed by atoms with van der Waals surface area (Å²) in [5.41, 5.74) is 7.01. The maximum atomic E-state index is 12.9. The Morgan fingerprint density at radius 3 is 2.91 bits per heavy atom. The van der Waals surface area contributed by atoms with Crippen LogP contribution in [0.25, 0.3) is 0 Å². The van der Waals surface area contributed by atoms with E-state index in [4.69, 9.17) is 10.5 Å². The van der Waals surface area contributed by atoms with E-state index in [9.17, 15) is 4.79 Å². The van der Waals surface area contributed by atoms with Crippen molar-refractivity contribution in [3.63, 3.8) is 0 Å². The number of carbonyl (C=O) groups is 1. The van der Waals surface area contributed by atoms with Gasteiger partial charge >= 0.3 is 0 Å². The summed E-state index contributed by atoms with van der Waals surface area (Å²) in [7, 11) is 3.27. The largest absolute Gasteiger partial charge is 0.494 e. The van der Waals surface area contributed by atoms with Gasteiger partial charge in [0.15, 0.2) is 11.5 Å². The standard InChI is InChI=1S/C15H20N6O2/c1-9-7-11(23-3)12(17-8-9)14(22)21-6-4-5-10(21)13-18-15(16)20(2)19-13/h7-8,10H,4-6H2,1-3H3,(H2,16,18,19). The fourth-order valence-corrected chi connectivity index (χ4v) is 2.83. The number of rotatable bonds is 3. The Kier molecular flexibility index (Phi) is 3.89. The first-order chi connectivity index (χ1) is 11.0. The van der Waals surface area contributed by atoms with Crippen LogP contribution in [0.1, 0.15) is 40.8 Å². The summed E-state index contributed by atoms with van der Waals surface area (Å²) < 4.78 is 6.82. The molecule has 1 amide bonds. The Hall–Kier alpha value is -2.64. The lowest BCUT2D eigenvalue weighted by atomic mass is 10.2. The van der Waals surface area contributed by atoms with Gasteiger partial charge in [0, 0.05) is 19.8 Å². The predicted molar refractivity (Wildman–Crippen MR) is 84.0 cm³/mol. The second kappa shape index (κ2) is 5.86. The number of nitrogens with two attached hydrogens (primary N) is 1. The Morgan fingerprint density at radius 2 is 2.26 bits per heavy atom. The summed E-state index contributed by atoms with van der Waals surface area (Å²) in [6.07, 6.45) is 3.37. The van der Waals surface area contributed by atoms with Crippen LogP contribution in [0.2, 0.25) is 0 Å². The van der Waals surface area contributed by atoms with E-state index in [1.165, 1.54) is 11.8 Å². The summed E-state index contributed by atoms with van der Waals surface area (Å²) in [6.45, 7) is 2.55. The quantitative estimate of drug-likeness (QED) is 0.910. The molecular formula is C15H20N6O2. The zero-order valence-electron chi connectivity index (χ0n) is 13.5. The van der Waals surface area contributed by atoms with E-state index >= 15 is 0 Å². The number of amides is 1. The molecule has 1 aliphatic heterocycles. The molecule has 1 aliphatic rings. The predicted octanol–water partition coefficient (Wildman–Crippen LogP) is 1.09. The molecule has 3 rings (SSSR count). The molecule has 0 saturated carbocycles. The summed E-state index contributed by atoms with van der Waals surface area (Å²) >= 11 is 0. The number of nitrogens with zero attached hydrogens (tertiary/aromatic N) is 5. The van der Waals surface area contributed by atoms with Gasteiger partial charge in [0.05, 0.1) is 13.2 Å². The number of aryl methyl sites for hydroxylation is 2. The average Bonchev–Trinajstić information content (AvgIpc) is 3.13. The van der Waals surface area contributed by atoms with E-state index in [0.29, 0.717) is 29.8 Å². The van der Waals surface area contributed by atoms with Crippen LogP contribution in [0.15, 0.2) is 12.3 Å². The highest BCUT2D eigenvalue weighted by Crippen LogP contribution is 2.32. The molecule has 8 heteroatoms. The van der Waals surface area contributed by atoms with E-state index in [1.807, 2.05) is 13.0 Å². The average molecular weight is 316 g/mol.